The van der Waals surface area contributed by atoms with Gasteiger partial charge in [-0.05, 0) is 84.2 Å². The van der Waals surface area contributed by atoms with E-state index in [9.17, 15) is 4.79 Å². The number of amidine groups is 1. The molecule has 3 aliphatic rings. The number of nitrogens with zero attached hydrogens (tertiary/aromatic N) is 5. The minimum Gasteiger partial charge on any atom is -0.367 e. The summed E-state index contributed by atoms with van der Waals surface area (Å²) >= 11 is 1.45. The van der Waals surface area contributed by atoms with Crippen molar-refractivity contribution < 1.29 is 9.18 Å². The van der Waals surface area contributed by atoms with Crippen LogP contribution in [0.25, 0.3) is 28.1 Å². The molecule has 8 heteroatoms. The molecule has 0 bridgehead atoms. The molecule has 0 spiro atoms. The maximum Gasteiger partial charge on any atom is 0.286 e. The average molecular weight is 516 g/mol. The summed E-state index contributed by atoms with van der Waals surface area (Å²) in [6, 6.07) is 13.4. The van der Waals surface area contributed by atoms with Crippen LogP contribution in [0.4, 0.5) is 10.1 Å². The number of benzene rings is 2. The summed E-state index contributed by atoms with van der Waals surface area (Å²) in [5, 5.41) is 1.74. The van der Waals surface area contributed by atoms with Crippen LogP contribution in [-0.2, 0) is 4.79 Å². The topological polar surface area (TPSA) is 52.0 Å². The van der Waals surface area contributed by atoms with Crippen molar-refractivity contribution in [3.63, 3.8) is 0 Å². The van der Waals surface area contributed by atoms with Crippen LogP contribution in [0.2, 0.25) is 0 Å². The number of hydrogen-bond donors (Lipinski definition) is 0. The predicted octanol–water partition coefficient (Wildman–Crippen LogP) is 5.25. The molecule has 3 aliphatic heterocycles. The van der Waals surface area contributed by atoms with Crippen molar-refractivity contribution in [1.82, 2.24) is 14.8 Å². The molecule has 3 aromatic rings. The number of aromatic nitrogens is 1. The molecule has 37 heavy (non-hydrogen) atoms. The number of hydrogen-bond acceptors (Lipinski definition) is 6. The van der Waals surface area contributed by atoms with E-state index in [0.717, 1.165) is 91.4 Å². The number of likely N-dealkylation sites (tertiary alicyclic amines) is 1. The quantitative estimate of drug-likeness (QED) is 0.443. The Morgan fingerprint density at radius 1 is 0.973 bits per heavy atom. The number of thioether (sulfide) groups is 1. The first kappa shape index (κ1) is 24.1. The van der Waals surface area contributed by atoms with E-state index in [2.05, 4.69) is 31.6 Å². The fraction of sp³-hybridized carbons (Fsp3) is 0.345. The highest BCUT2D eigenvalue weighted by Crippen LogP contribution is 2.34. The van der Waals surface area contributed by atoms with E-state index in [1.807, 2.05) is 42.5 Å². The van der Waals surface area contributed by atoms with Crippen molar-refractivity contribution in [2.75, 3.05) is 50.7 Å². The van der Waals surface area contributed by atoms with E-state index in [1.165, 1.54) is 11.8 Å². The SMILES string of the molecule is CCN1CCN(c2ccc(-c3ccnc4ccc(/C=C5\SC(N6CCCC6)=NC5=O)cc34)cc2F)CC1. The van der Waals surface area contributed by atoms with E-state index >= 15 is 4.39 Å². The molecular weight excluding hydrogens is 485 g/mol. The summed E-state index contributed by atoms with van der Waals surface area (Å²) in [6.45, 7) is 8.69. The van der Waals surface area contributed by atoms with E-state index in [0.29, 0.717) is 10.6 Å². The number of amides is 1. The fourth-order valence-electron chi connectivity index (χ4n) is 5.33. The Hall–Kier alpha value is -3.23. The van der Waals surface area contributed by atoms with Crippen molar-refractivity contribution in [3.05, 3.63) is 64.9 Å². The third-order valence-corrected chi connectivity index (χ3v) is 8.51. The van der Waals surface area contributed by atoms with Crippen LogP contribution in [0, 0.1) is 5.82 Å². The van der Waals surface area contributed by atoms with Crippen molar-refractivity contribution in [2.45, 2.75) is 19.8 Å². The van der Waals surface area contributed by atoms with Gasteiger partial charge in [0, 0.05) is 50.9 Å². The molecule has 0 unspecified atom stereocenters. The second-order valence-corrected chi connectivity index (χ2v) is 10.7. The Morgan fingerprint density at radius 3 is 2.54 bits per heavy atom. The van der Waals surface area contributed by atoms with Gasteiger partial charge in [-0.15, -0.1) is 0 Å². The molecule has 0 radical (unpaired) electrons. The zero-order chi connectivity index (χ0) is 25.4. The van der Waals surface area contributed by atoms with Crippen LogP contribution in [0.1, 0.15) is 25.3 Å². The Morgan fingerprint density at radius 2 is 1.78 bits per heavy atom. The Balaban J connectivity index is 1.28. The zero-order valence-electron chi connectivity index (χ0n) is 21.0. The molecule has 4 heterocycles. The normalized spacial score (nSPS) is 19.9. The van der Waals surface area contributed by atoms with Crippen LogP contribution in [0.5, 0.6) is 0 Å². The van der Waals surface area contributed by atoms with Gasteiger partial charge in [0.15, 0.2) is 5.17 Å². The number of aliphatic imine (C=N–C) groups is 1. The van der Waals surface area contributed by atoms with Crippen molar-refractivity contribution in [1.29, 1.82) is 0 Å². The Labute approximate surface area is 220 Å². The van der Waals surface area contributed by atoms with Crippen LogP contribution in [-0.4, -0.2) is 71.7 Å². The molecule has 0 aliphatic carbocycles. The highest BCUT2D eigenvalue weighted by atomic mass is 32.2. The van der Waals surface area contributed by atoms with Crippen LogP contribution >= 0.6 is 11.8 Å². The largest absolute Gasteiger partial charge is 0.367 e. The molecule has 6 nitrogen and oxygen atoms in total. The van der Waals surface area contributed by atoms with Crippen LogP contribution < -0.4 is 4.90 Å². The first-order chi connectivity index (χ1) is 18.1. The second-order valence-electron chi connectivity index (χ2n) is 9.73. The number of halogens is 1. The van der Waals surface area contributed by atoms with Gasteiger partial charge in [-0.1, -0.05) is 19.1 Å². The van der Waals surface area contributed by atoms with Gasteiger partial charge in [0.2, 0.25) is 0 Å². The van der Waals surface area contributed by atoms with E-state index in [1.54, 1.807) is 12.3 Å². The first-order valence-electron chi connectivity index (χ1n) is 13.0. The summed E-state index contributed by atoms with van der Waals surface area (Å²) in [6.07, 6.45) is 5.95. The average Bonchev–Trinajstić information content (AvgIpc) is 3.59. The lowest BCUT2D eigenvalue weighted by atomic mass is 9.99. The van der Waals surface area contributed by atoms with Crippen LogP contribution in [0.15, 0.2) is 58.6 Å². The number of anilines is 1. The number of carbonyl (C=O) groups excluding carboxylic acids is 1. The fourth-order valence-corrected chi connectivity index (χ4v) is 6.30. The van der Waals surface area contributed by atoms with Crippen LogP contribution in [0.3, 0.4) is 0 Å². The van der Waals surface area contributed by atoms with Gasteiger partial charge in [0.05, 0.1) is 16.1 Å². The predicted molar refractivity (Wildman–Crippen MR) is 150 cm³/mol. The lowest BCUT2D eigenvalue weighted by Gasteiger charge is -2.35. The molecule has 1 amide bonds. The molecule has 190 valence electrons. The third-order valence-electron chi connectivity index (χ3n) is 7.47. The number of pyridine rings is 1. The lowest BCUT2D eigenvalue weighted by molar-refractivity contribution is -0.113. The summed E-state index contributed by atoms with van der Waals surface area (Å²) in [4.78, 5) is 28.7. The molecule has 1 aromatic heterocycles. The van der Waals surface area contributed by atoms with Gasteiger partial charge < -0.3 is 14.7 Å². The molecule has 6 rings (SSSR count). The second kappa shape index (κ2) is 10.3. The maximum atomic E-state index is 15.3. The van der Waals surface area contributed by atoms with Gasteiger partial charge in [-0.25, -0.2) is 4.39 Å². The number of piperazine rings is 1. The van der Waals surface area contributed by atoms with Crippen molar-refractivity contribution in [2.24, 2.45) is 4.99 Å². The van der Waals surface area contributed by atoms with Crippen molar-refractivity contribution in [3.8, 4) is 11.1 Å². The number of likely N-dealkylation sites (N-methyl/N-ethyl adjacent to an activating group) is 1. The molecule has 2 aromatic carbocycles. The highest BCUT2D eigenvalue weighted by Gasteiger charge is 2.27. The smallest absolute Gasteiger partial charge is 0.286 e. The summed E-state index contributed by atoms with van der Waals surface area (Å²) < 4.78 is 15.3. The highest BCUT2D eigenvalue weighted by molar-refractivity contribution is 8.18. The monoisotopic (exact) mass is 515 g/mol. The van der Waals surface area contributed by atoms with Gasteiger partial charge in [-0.2, -0.15) is 4.99 Å². The molecule has 0 atom stereocenters. The van der Waals surface area contributed by atoms with Gasteiger partial charge in [-0.3, -0.25) is 9.78 Å². The van der Waals surface area contributed by atoms with Crippen molar-refractivity contribution >= 4 is 45.5 Å². The van der Waals surface area contributed by atoms with Gasteiger partial charge in [0.25, 0.3) is 5.91 Å². The minimum absolute atomic E-state index is 0.184. The van der Waals surface area contributed by atoms with E-state index < -0.39 is 0 Å². The lowest BCUT2D eigenvalue weighted by Crippen LogP contribution is -2.46. The molecule has 2 saturated heterocycles. The van der Waals surface area contributed by atoms with Gasteiger partial charge >= 0.3 is 0 Å². The summed E-state index contributed by atoms with van der Waals surface area (Å²) in [7, 11) is 0. The van der Waals surface area contributed by atoms with Gasteiger partial charge in [0.1, 0.15) is 5.82 Å². The maximum absolute atomic E-state index is 15.3. The minimum atomic E-state index is -0.203. The molecule has 0 saturated carbocycles. The summed E-state index contributed by atoms with van der Waals surface area (Å²) in [5.74, 6) is -0.388. The van der Waals surface area contributed by atoms with E-state index in [4.69, 9.17) is 0 Å². The molecular formula is C29H30FN5OS. The first-order valence-corrected chi connectivity index (χ1v) is 13.8. The van der Waals surface area contributed by atoms with E-state index in [-0.39, 0.29) is 11.7 Å². The number of carbonyl (C=O) groups is 1. The summed E-state index contributed by atoms with van der Waals surface area (Å²) in [5.41, 5.74) is 4.14. The molecule has 0 N–H and O–H groups in total. The standard InChI is InChI=1S/C29H30FN5OS/c1-2-33-13-15-34(16-14-33)26-8-6-21(19-24(26)30)22-9-10-31-25-7-5-20(17-23(22)25)18-27-28(36)32-29(37-27)35-11-3-4-12-35/h5-10,17-19H,2-4,11-16H2,1H3/b27-18-. The number of rotatable bonds is 4. The number of fused-ring (bicyclic) bond motifs is 1. The Kier molecular flexibility index (Phi) is 6.69. The Bertz CT molecular complexity index is 1410. The third kappa shape index (κ3) is 4.88. The molecule has 2 fully saturated rings. The zero-order valence-corrected chi connectivity index (χ0v) is 21.8.